The monoisotopic (exact) mass is 308 g/mol. The largest absolute Gasteiger partial charge is 0.465 e. The summed E-state index contributed by atoms with van der Waals surface area (Å²) in [5.74, 6) is 0.0229. The number of carboxylic acid groups (broad SMARTS) is 1. The average Bonchev–Trinajstić information content (AvgIpc) is 3.03. The highest BCUT2D eigenvalue weighted by Crippen LogP contribution is 2.39. The van der Waals surface area contributed by atoms with Crippen LogP contribution in [0.1, 0.15) is 42.5 Å². The summed E-state index contributed by atoms with van der Waals surface area (Å²) in [5.41, 5.74) is 3.05. The van der Waals surface area contributed by atoms with Gasteiger partial charge in [-0.1, -0.05) is 11.6 Å². The van der Waals surface area contributed by atoms with Crippen molar-refractivity contribution in [1.29, 1.82) is 0 Å². The van der Waals surface area contributed by atoms with E-state index in [1.165, 1.54) is 4.90 Å². The van der Waals surface area contributed by atoms with E-state index >= 15 is 0 Å². The lowest BCUT2D eigenvalue weighted by Crippen LogP contribution is -2.29. The predicted molar refractivity (Wildman–Crippen MR) is 78.1 cm³/mol. The van der Waals surface area contributed by atoms with Gasteiger partial charge in [-0.2, -0.15) is 0 Å². The van der Waals surface area contributed by atoms with Crippen molar-refractivity contribution in [3.05, 3.63) is 33.8 Å². The number of hydrogen-bond donors (Lipinski definition) is 1. The summed E-state index contributed by atoms with van der Waals surface area (Å²) in [6.07, 6.45) is 0.765. The fraction of sp³-hybridized carbons (Fsp3) is 0.467. The lowest BCUT2D eigenvalue weighted by molar-refractivity contribution is -0.129. The zero-order valence-corrected chi connectivity index (χ0v) is 12.6. The van der Waals surface area contributed by atoms with Crippen molar-refractivity contribution in [2.45, 2.75) is 38.9 Å². The minimum absolute atomic E-state index is 0.0229. The summed E-state index contributed by atoms with van der Waals surface area (Å²) in [4.78, 5) is 26.2. The molecule has 112 valence electrons. The molecule has 2 heterocycles. The van der Waals surface area contributed by atoms with E-state index in [-0.39, 0.29) is 11.9 Å². The zero-order valence-electron chi connectivity index (χ0n) is 11.8. The van der Waals surface area contributed by atoms with Crippen LogP contribution in [0.4, 0.5) is 4.79 Å². The van der Waals surface area contributed by atoms with Crippen LogP contribution in [0, 0.1) is 0 Å². The number of carbonyl (C=O) groups excluding carboxylic acids is 1. The Morgan fingerprint density at radius 3 is 2.76 bits per heavy atom. The Morgan fingerprint density at radius 2 is 2.10 bits per heavy atom. The molecule has 5 nitrogen and oxygen atoms in total. The molecule has 1 fully saturated rings. The molecule has 0 radical (unpaired) electrons. The van der Waals surface area contributed by atoms with Crippen molar-refractivity contribution < 1.29 is 14.7 Å². The van der Waals surface area contributed by atoms with Gasteiger partial charge in [-0.25, -0.2) is 4.79 Å². The van der Waals surface area contributed by atoms with E-state index in [0.717, 1.165) is 29.5 Å². The van der Waals surface area contributed by atoms with Gasteiger partial charge in [0.25, 0.3) is 0 Å². The number of rotatable bonds is 1. The molecule has 0 aromatic heterocycles. The van der Waals surface area contributed by atoms with Crippen LogP contribution in [0.3, 0.4) is 0 Å². The molecule has 2 amide bonds. The average molecular weight is 309 g/mol. The Hall–Kier alpha value is -1.75. The third kappa shape index (κ3) is 2.46. The fourth-order valence-electron chi connectivity index (χ4n) is 3.34. The Bertz CT molecular complexity index is 617. The van der Waals surface area contributed by atoms with Gasteiger partial charge in [-0.3, -0.25) is 4.79 Å². The standard InChI is InChI=1S/C15H17ClN2O3/c1-9(19)17-7-10-5-11(16)6-12(13(10)8-17)14-3-2-4-18(14)15(20)21/h5-6,14H,2-4,7-8H2,1H3,(H,20,21)/t14-/m0/s1. The molecule has 2 aliphatic heterocycles. The molecular weight excluding hydrogens is 292 g/mol. The number of carbonyl (C=O) groups is 2. The first-order chi connectivity index (χ1) is 9.97. The summed E-state index contributed by atoms with van der Waals surface area (Å²) in [7, 11) is 0. The molecule has 1 atom stereocenters. The maximum atomic E-state index is 11.6. The molecule has 1 aromatic carbocycles. The molecule has 21 heavy (non-hydrogen) atoms. The van der Waals surface area contributed by atoms with Gasteiger partial charge in [0.05, 0.1) is 6.04 Å². The number of amides is 2. The number of nitrogens with zero attached hydrogens (tertiary/aromatic N) is 2. The van der Waals surface area contributed by atoms with Crippen LogP contribution in [0.15, 0.2) is 12.1 Å². The highest BCUT2D eigenvalue weighted by molar-refractivity contribution is 6.30. The molecule has 1 saturated heterocycles. The first-order valence-corrected chi connectivity index (χ1v) is 7.41. The number of likely N-dealkylation sites (tertiary alicyclic amines) is 1. The van der Waals surface area contributed by atoms with Crippen LogP contribution >= 0.6 is 11.6 Å². The lowest BCUT2D eigenvalue weighted by Gasteiger charge is -2.24. The van der Waals surface area contributed by atoms with E-state index in [1.54, 1.807) is 11.8 Å². The summed E-state index contributed by atoms with van der Waals surface area (Å²) in [5, 5.41) is 9.93. The van der Waals surface area contributed by atoms with Gasteiger partial charge in [0, 0.05) is 31.6 Å². The van der Waals surface area contributed by atoms with Crippen LogP contribution in [-0.2, 0) is 17.9 Å². The fourth-order valence-corrected chi connectivity index (χ4v) is 3.59. The second-order valence-electron chi connectivity index (χ2n) is 5.64. The normalized spacial score (nSPS) is 20.8. The minimum atomic E-state index is -0.896. The minimum Gasteiger partial charge on any atom is -0.465 e. The molecule has 6 heteroatoms. The van der Waals surface area contributed by atoms with Crippen LogP contribution in [0.2, 0.25) is 5.02 Å². The Kier molecular flexibility index (Phi) is 3.53. The van der Waals surface area contributed by atoms with E-state index in [0.29, 0.717) is 24.7 Å². The molecule has 0 spiro atoms. The first-order valence-electron chi connectivity index (χ1n) is 7.03. The van der Waals surface area contributed by atoms with Crippen molar-refractivity contribution in [2.24, 2.45) is 0 Å². The predicted octanol–water partition coefficient (Wildman–Crippen LogP) is 3.02. The van der Waals surface area contributed by atoms with E-state index < -0.39 is 6.09 Å². The number of halogens is 1. The van der Waals surface area contributed by atoms with E-state index in [4.69, 9.17) is 11.6 Å². The van der Waals surface area contributed by atoms with E-state index in [9.17, 15) is 14.7 Å². The second kappa shape index (κ2) is 5.22. The van der Waals surface area contributed by atoms with Crippen molar-refractivity contribution in [3.63, 3.8) is 0 Å². The molecule has 0 unspecified atom stereocenters. The smallest absolute Gasteiger partial charge is 0.407 e. The highest BCUT2D eigenvalue weighted by atomic mass is 35.5. The molecule has 0 saturated carbocycles. The van der Waals surface area contributed by atoms with Gasteiger partial charge < -0.3 is 14.9 Å². The summed E-state index contributed by atoms with van der Waals surface area (Å²) in [6.45, 7) is 3.20. The highest BCUT2D eigenvalue weighted by Gasteiger charge is 2.34. The Labute approximate surface area is 128 Å². The number of hydrogen-bond acceptors (Lipinski definition) is 2. The van der Waals surface area contributed by atoms with Crippen molar-refractivity contribution >= 4 is 23.6 Å². The van der Waals surface area contributed by atoms with E-state index in [2.05, 4.69) is 0 Å². The van der Waals surface area contributed by atoms with Crippen LogP contribution in [0.25, 0.3) is 0 Å². The maximum Gasteiger partial charge on any atom is 0.407 e. The van der Waals surface area contributed by atoms with Gasteiger partial charge >= 0.3 is 6.09 Å². The van der Waals surface area contributed by atoms with Gasteiger partial charge in [0.15, 0.2) is 0 Å². The quantitative estimate of drug-likeness (QED) is 0.867. The molecule has 2 aliphatic rings. The molecule has 1 aromatic rings. The third-order valence-corrected chi connectivity index (χ3v) is 4.57. The summed E-state index contributed by atoms with van der Waals surface area (Å²) in [6, 6.07) is 3.58. The Balaban J connectivity index is 2.01. The topological polar surface area (TPSA) is 60.9 Å². The molecule has 3 rings (SSSR count). The summed E-state index contributed by atoms with van der Waals surface area (Å²) < 4.78 is 0. The van der Waals surface area contributed by atoms with Gasteiger partial charge in [-0.15, -0.1) is 0 Å². The summed E-state index contributed by atoms with van der Waals surface area (Å²) >= 11 is 6.19. The first kappa shape index (κ1) is 14.2. The number of benzene rings is 1. The molecular formula is C15H17ClN2O3. The lowest BCUT2D eigenvalue weighted by atomic mass is 9.96. The van der Waals surface area contributed by atoms with Crippen LogP contribution in [-0.4, -0.2) is 33.5 Å². The van der Waals surface area contributed by atoms with Crippen molar-refractivity contribution in [3.8, 4) is 0 Å². The van der Waals surface area contributed by atoms with E-state index in [1.807, 2.05) is 12.1 Å². The van der Waals surface area contributed by atoms with Crippen LogP contribution < -0.4 is 0 Å². The van der Waals surface area contributed by atoms with Gasteiger partial charge in [0.2, 0.25) is 5.91 Å². The molecule has 0 aliphatic carbocycles. The van der Waals surface area contributed by atoms with Crippen molar-refractivity contribution in [1.82, 2.24) is 9.80 Å². The number of fused-ring (bicyclic) bond motifs is 1. The third-order valence-electron chi connectivity index (χ3n) is 4.35. The zero-order chi connectivity index (χ0) is 15.1. The maximum absolute atomic E-state index is 11.6. The SMILES string of the molecule is CC(=O)N1Cc2cc(Cl)cc([C@@H]3CCCN3C(=O)O)c2C1. The van der Waals surface area contributed by atoms with Crippen LogP contribution in [0.5, 0.6) is 0 Å². The second-order valence-corrected chi connectivity index (χ2v) is 6.08. The van der Waals surface area contributed by atoms with Gasteiger partial charge in [-0.05, 0) is 41.7 Å². The molecule has 0 bridgehead atoms. The Morgan fingerprint density at radius 1 is 1.33 bits per heavy atom. The van der Waals surface area contributed by atoms with Gasteiger partial charge in [0.1, 0.15) is 0 Å². The molecule has 1 N–H and O–H groups in total. The van der Waals surface area contributed by atoms with Crippen molar-refractivity contribution in [2.75, 3.05) is 6.54 Å².